The first-order valence-electron chi connectivity index (χ1n) is 18.3. The molecule has 0 saturated carbocycles. The molecule has 8 aromatic carbocycles. The van der Waals surface area contributed by atoms with Crippen molar-refractivity contribution in [2.75, 3.05) is 0 Å². The summed E-state index contributed by atoms with van der Waals surface area (Å²) in [4.78, 5) is 3.76. The molecule has 0 spiro atoms. The van der Waals surface area contributed by atoms with Gasteiger partial charge in [-0.1, -0.05) is 109 Å². The zero-order valence-electron chi connectivity index (χ0n) is 29.5. The van der Waals surface area contributed by atoms with E-state index in [9.17, 15) is 5.26 Å². The first-order chi connectivity index (χ1) is 27.2. The second-order valence-electron chi connectivity index (χ2n) is 14.0. The van der Waals surface area contributed by atoms with E-state index < -0.39 is 0 Å². The van der Waals surface area contributed by atoms with Crippen molar-refractivity contribution in [3.05, 3.63) is 193 Å². The third kappa shape index (κ3) is 4.45. The number of fused-ring (bicyclic) bond motifs is 9. The first-order valence-corrected chi connectivity index (χ1v) is 18.3. The molecule has 0 aliphatic carbocycles. The summed E-state index contributed by atoms with van der Waals surface area (Å²) in [6.07, 6.45) is 0. The fourth-order valence-electron chi connectivity index (χ4n) is 8.74. The molecule has 11 rings (SSSR count). The van der Waals surface area contributed by atoms with Crippen LogP contribution in [-0.4, -0.2) is 13.7 Å². The SMILES string of the molecule is [C-]#[N+]c1ccc2c3ccccc3n(-c3ccccc3-c3ccc(C#N)c(-n4c5ccccc5c5cc(-n6c7ccccc7c7ccccc76)ccc54)c3)c2c1. The lowest BCUT2D eigenvalue weighted by molar-refractivity contribution is 1.15. The summed E-state index contributed by atoms with van der Waals surface area (Å²) < 4.78 is 6.86. The van der Waals surface area contributed by atoms with E-state index in [1.807, 2.05) is 24.3 Å². The second-order valence-corrected chi connectivity index (χ2v) is 14.0. The minimum atomic E-state index is 0.592. The number of rotatable bonds is 4. The number of aromatic nitrogens is 3. The van der Waals surface area contributed by atoms with Crippen LogP contribution in [0.4, 0.5) is 5.69 Å². The molecule has 3 aromatic heterocycles. The van der Waals surface area contributed by atoms with E-state index in [1.54, 1.807) is 0 Å². The Morgan fingerprint density at radius 2 is 0.945 bits per heavy atom. The van der Waals surface area contributed by atoms with Gasteiger partial charge >= 0.3 is 0 Å². The lowest BCUT2D eigenvalue weighted by Crippen LogP contribution is -2.00. The highest BCUT2D eigenvalue weighted by Gasteiger charge is 2.20. The van der Waals surface area contributed by atoms with Gasteiger partial charge in [0.15, 0.2) is 5.69 Å². The van der Waals surface area contributed by atoms with Crippen molar-refractivity contribution in [3.8, 4) is 34.3 Å². The van der Waals surface area contributed by atoms with Crippen LogP contribution in [0.25, 0.3) is 98.5 Å². The highest BCUT2D eigenvalue weighted by atomic mass is 15.0. The third-order valence-corrected chi connectivity index (χ3v) is 11.1. The maximum Gasteiger partial charge on any atom is 0.189 e. The summed E-state index contributed by atoms with van der Waals surface area (Å²) >= 11 is 0. The van der Waals surface area contributed by atoms with Gasteiger partial charge in [-0.15, -0.1) is 0 Å². The van der Waals surface area contributed by atoms with E-state index in [2.05, 4.69) is 176 Å². The van der Waals surface area contributed by atoms with E-state index in [1.165, 1.54) is 21.8 Å². The molecule has 0 aliphatic rings. The molecule has 5 heteroatoms. The van der Waals surface area contributed by atoms with Gasteiger partial charge in [0.1, 0.15) is 6.07 Å². The largest absolute Gasteiger partial charge is 0.310 e. The lowest BCUT2D eigenvalue weighted by Gasteiger charge is -2.16. The summed E-state index contributed by atoms with van der Waals surface area (Å²) in [5.41, 5.74) is 12.6. The summed E-state index contributed by atoms with van der Waals surface area (Å²) in [5, 5.41) is 17.5. The fraction of sp³-hybridized carbons (Fsp3) is 0. The van der Waals surface area contributed by atoms with Crippen molar-refractivity contribution >= 4 is 71.1 Å². The molecule has 11 aromatic rings. The van der Waals surface area contributed by atoms with Crippen LogP contribution in [0, 0.1) is 17.9 Å². The smallest absolute Gasteiger partial charge is 0.189 e. The molecule has 0 radical (unpaired) electrons. The average Bonchev–Trinajstić information content (AvgIpc) is 3.88. The molecule has 3 heterocycles. The zero-order chi connectivity index (χ0) is 36.6. The van der Waals surface area contributed by atoms with Crippen LogP contribution in [0.3, 0.4) is 0 Å². The van der Waals surface area contributed by atoms with Crippen molar-refractivity contribution in [2.24, 2.45) is 0 Å². The van der Waals surface area contributed by atoms with Crippen LogP contribution in [0.15, 0.2) is 176 Å². The predicted octanol–water partition coefficient (Wildman–Crippen LogP) is 13.1. The zero-order valence-corrected chi connectivity index (χ0v) is 29.5. The van der Waals surface area contributed by atoms with Gasteiger partial charge in [0.2, 0.25) is 0 Å². The standard InChI is InChI=1S/C50H29N5/c1-52-34-24-26-41-39-15-5-10-20-46(39)55(50(41)29-34)43-17-7-2-12-36(43)32-22-23-33(31-51)49(28-32)54-47-21-11-6-16-40(47)42-30-35(25-27-48(42)54)53-44-18-8-3-13-37(44)38-14-4-9-19-45(38)53/h2-30H. The maximum absolute atomic E-state index is 10.6. The van der Waals surface area contributed by atoms with E-state index in [0.717, 1.165) is 71.8 Å². The first kappa shape index (κ1) is 30.7. The van der Waals surface area contributed by atoms with Gasteiger partial charge in [0, 0.05) is 49.1 Å². The molecule has 0 N–H and O–H groups in total. The normalized spacial score (nSPS) is 11.6. The Bertz CT molecular complexity index is 3420. The van der Waals surface area contributed by atoms with Gasteiger partial charge in [-0.05, 0) is 72.3 Å². The van der Waals surface area contributed by atoms with E-state index >= 15 is 0 Å². The van der Waals surface area contributed by atoms with E-state index in [4.69, 9.17) is 6.57 Å². The minimum Gasteiger partial charge on any atom is -0.310 e. The molecule has 0 bridgehead atoms. The highest BCUT2D eigenvalue weighted by molar-refractivity contribution is 6.13. The van der Waals surface area contributed by atoms with Crippen molar-refractivity contribution < 1.29 is 0 Å². The van der Waals surface area contributed by atoms with Crippen LogP contribution in [0.5, 0.6) is 0 Å². The molecule has 5 nitrogen and oxygen atoms in total. The van der Waals surface area contributed by atoms with Crippen LogP contribution >= 0.6 is 0 Å². The monoisotopic (exact) mass is 699 g/mol. The lowest BCUT2D eigenvalue weighted by atomic mass is 10.00. The summed E-state index contributed by atoms with van der Waals surface area (Å²) in [6, 6.07) is 63.7. The molecular formula is C50H29N5. The number of nitriles is 1. The average molecular weight is 700 g/mol. The van der Waals surface area contributed by atoms with Gasteiger partial charge in [0.05, 0.1) is 51.1 Å². The van der Waals surface area contributed by atoms with Gasteiger partial charge in [-0.25, -0.2) is 4.85 Å². The molecule has 0 aliphatic heterocycles. The Labute approximate surface area is 316 Å². The molecule has 0 fully saturated rings. The number of hydrogen-bond donors (Lipinski definition) is 0. The third-order valence-electron chi connectivity index (χ3n) is 11.1. The predicted molar refractivity (Wildman–Crippen MR) is 226 cm³/mol. The van der Waals surface area contributed by atoms with Gasteiger partial charge < -0.3 is 13.7 Å². The molecule has 55 heavy (non-hydrogen) atoms. The fourth-order valence-corrected chi connectivity index (χ4v) is 8.74. The number of nitrogens with zero attached hydrogens (tertiary/aromatic N) is 5. The molecule has 254 valence electrons. The van der Waals surface area contributed by atoms with Gasteiger partial charge in [0.25, 0.3) is 0 Å². The van der Waals surface area contributed by atoms with Crippen LogP contribution < -0.4 is 0 Å². The van der Waals surface area contributed by atoms with Crippen molar-refractivity contribution in [1.82, 2.24) is 13.7 Å². The second kappa shape index (κ2) is 11.8. The Kier molecular flexibility index (Phi) is 6.61. The van der Waals surface area contributed by atoms with Crippen molar-refractivity contribution in [1.29, 1.82) is 5.26 Å². The highest BCUT2D eigenvalue weighted by Crippen LogP contribution is 2.41. The number of hydrogen-bond acceptors (Lipinski definition) is 1. The van der Waals surface area contributed by atoms with Crippen LogP contribution in [-0.2, 0) is 0 Å². The Morgan fingerprint density at radius 1 is 0.418 bits per heavy atom. The molecule has 0 amide bonds. The maximum atomic E-state index is 10.6. The Hall–Kier alpha value is -7.86. The molecule has 0 unspecified atom stereocenters. The minimum absolute atomic E-state index is 0.592. The number of benzene rings is 8. The summed E-state index contributed by atoms with van der Waals surface area (Å²) in [6.45, 7) is 7.75. The molecular weight excluding hydrogens is 671 g/mol. The van der Waals surface area contributed by atoms with E-state index in [-0.39, 0.29) is 0 Å². The molecule has 0 saturated heterocycles. The number of para-hydroxylation sites is 5. The van der Waals surface area contributed by atoms with Gasteiger partial charge in [-0.2, -0.15) is 5.26 Å². The molecule has 0 atom stereocenters. The van der Waals surface area contributed by atoms with Crippen LogP contribution in [0.1, 0.15) is 5.56 Å². The van der Waals surface area contributed by atoms with E-state index in [0.29, 0.717) is 11.3 Å². The quantitative estimate of drug-likeness (QED) is 0.169. The Morgan fingerprint density at radius 3 is 1.58 bits per heavy atom. The van der Waals surface area contributed by atoms with Crippen molar-refractivity contribution in [3.63, 3.8) is 0 Å². The van der Waals surface area contributed by atoms with Crippen molar-refractivity contribution in [2.45, 2.75) is 0 Å². The summed E-state index contributed by atoms with van der Waals surface area (Å²) in [5.74, 6) is 0. The topological polar surface area (TPSA) is 42.9 Å². The van der Waals surface area contributed by atoms with Gasteiger partial charge in [-0.3, -0.25) is 0 Å². The van der Waals surface area contributed by atoms with Crippen LogP contribution in [0.2, 0.25) is 0 Å². The Balaban J connectivity index is 1.15. The summed E-state index contributed by atoms with van der Waals surface area (Å²) in [7, 11) is 0.